The lowest BCUT2D eigenvalue weighted by Crippen LogP contribution is -2.27. The Balaban J connectivity index is 1.62. The van der Waals surface area contributed by atoms with Crippen LogP contribution >= 0.6 is 0 Å². The summed E-state index contributed by atoms with van der Waals surface area (Å²) in [5.41, 5.74) is 13.4. The lowest BCUT2D eigenvalue weighted by Gasteiger charge is -2.17. The van der Waals surface area contributed by atoms with Gasteiger partial charge in [-0.15, -0.1) is 0 Å². The summed E-state index contributed by atoms with van der Waals surface area (Å²) in [6.45, 7) is 2.88. The van der Waals surface area contributed by atoms with Gasteiger partial charge >= 0.3 is 0 Å². The van der Waals surface area contributed by atoms with Crippen LogP contribution in [0.4, 0.5) is 5.82 Å². The second-order valence-corrected chi connectivity index (χ2v) is 10.6. The molecular formula is C24H27N5O2S. The Kier molecular flexibility index (Phi) is 5.14. The van der Waals surface area contributed by atoms with E-state index < -0.39 is 10.0 Å². The Morgan fingerprint density at radius 1 is 1.22 bits per heavy atom. The van der Waals surface area contributed by atoms with Crippen LogP contribution in [0, 0.1) is 6.92 Å². The molecule has 3 heterocycles. The van der Waals surface area contributed by atoms with E-state index in [1.807, 2.05) is 13.1 Å². The van der Waals surface area contributed by atoms with Crippen molar-refractivity contribution in [3.63, 3.8) is 0 Å². The normalized spacial score (nSPS) is 19.6. The van der Waals surface area contributed by atoms with Gasteiger partial charge in [-0.25, -0.2) is 17.7 Å². The van der Waals surface area contributed by atoms with Crippen molar-refractivity contribution in [3.05, 3.63) is 70.6 Å². The van der Waals surface area contributed by atoms with Crippen molar-refractivity contribution in [2.24, 2.45) is 0 Å². The number of hydrogen-bond donors (Lipinski definition) is 1. The molecule has 0 amide bonds. The average molecular weight is 450 g/mol. The van der Waals surface area contributed by atoms with E-state index in [0.29, 0.717) is 24.6 Å². The number of aryl methyl sites for hydroxylation is 1. The molecule has 0 spiro atoms. The van der Waals surface area contributed by atoms with E-state index in [4.69, 9.17) is 10.7 Å². The van der Waals surface area contributed by atoms with E-state index in [2.05, 4.69) is 47.6 Å². The maximum atomic E-state index is 12.0. The molecule has 2 aliphatic rings. The van der Waals surface area contributed by atoms with Crippen molar-refractivity contribution in [2.45, 2.75) is 32.1 Å². The molecule has 3 aromatic rings. The van der Waals surface area contributed by atoms with Crippen molar-refractivity contribution < 1.29 is 8.42 Å². The van der Waals surface area contributed by atoms with Crippen molar-refractivity contribution in [3.8, 4) is 0 Å². The minimum absolute atomic E-state index is 0.0161. The number of benzene rings is 1. The molecule has 32 heavy (non-hydrogen) atoms. The number of sulfonamides is 1. The minimum atomic E-state index is -3.22. The van der Waals surface area contributed by atoms with E-state index in [-0.39, 0.29) is 5.92 Å². The van der Waals surface area contributed by atoms with Gasteiger partial charge in [0.2, 0.25) is 10.0 Å². The Hall–Kier alpha value is -2.97. The topological polar surface area (TPSA) is 93.6 Å². The molecule has 2 aromatic heterocycles. The van der Waals surface area contributed by atoms with Gasteiger partial charge in [-0.1, -0.05) is 36.4 Å². The predicted molar refractivity (Wildman–Crippen MR) is 128 cm³/mol. The van der Waals surface area contributed by atoms with Gasteiger partial charge < -0.3 is 5.73 Å². The second kappa shape index (κ2) is 7.86. The summed E-state index contributed by atoms with van der Waals surface area (Å²) in [5.74, 6) is 0.562. The van der Waals surface area contributed by atoms with Gasteiger partial charge in [0, 0.05) is 30.1 Å². The number of rotatable bonds is 3. The fourth-order valence-electron chi connectivity index (χ4n) is 4.70. The summed E-state index contributed by atoms with van der Waals surface area (Å²) < 4.78 is 27.2. The molecule has 1 atom stereocenters. The van der Waals surface area contributed by atoms with Crippen LogP contribution in [0.3, 0.4) is 0 Å². The van der Waals surface area contributed by atoms with E-state index in [9.17, 15) is 8.42 Å². The van der Waals surface area contributed by atoms with Crippen molar-refractivity contribution >= 4 is 33.1 Å². The second-order valence-electron chi connectivity index (χ2n) is 8.65. The molecule has 2 N–H and O–H groups in total. The molecule has 0 radical (unpaired) electrons. The quantitative estimate of drug-likeness (QED) is 0.661. The molecule has 5 rings (SSSR count). The van der Waals surface area contributed by atoms with E-state index in [1.165, 1.54) is 21.7 Å². The molecule has 166 valence electrons. The third-order valence-electron chi connectivity index (χ3n) is 6.53. The largest absolute Gasteiger partial charge is 0.383 e. The van der Waals surface area contributed by atoms with Gasteiger partial charge in [0.1, 0.15) is 5.82 Å². The number of nitrogen functional groups attached to an aromatic ring is 1. The highest BCUT2D eigenvalue weighted by Crippen LogP contribution is 2.34. The first-order valence-corrected chi connectivity index (χ1v) is 12.7. The molecule has 0 bridgehead atoms. The molecule has 1 aliphatic heterocycles. The van der Waals surface area contributed by atoms with Crippen LogP contribution in [0.1, 0.15) is 46.7 Å². The monoisotopic (exact) mass is 449 g/mol. The highest BCUT2D eigenvalue weighted by molar-refractivity contribution is 7.88. The third kappa shape index (κ3) is 3.63. The zero-order valence-corrected chi connectivity index (χ0v) is 19.1. The first-order valence-electron chi connectivity index (χ1n) is 10.9. The third-order valence-corrected chi connectivity index (χ3v) is 7.80. The fourth-order valence-corrected chi connectivity index (χ4v) is 5.59. The molecule has 7 nitrogen and oxygen atoms in total. The first kappa shape index (κ1) is 20.9. The highest BCUT2D eigenvalue weighted by atomic mass is 32.2. The zero-order chi connectivity index (χ0) is 22.5. The Labute approximate surface area is 188 Å². The average Bonchev–Trinajstić information content (AvgIpc) is 3.39. The zero-order valence-electron chi connectivity index (χ0n) is 18.3. The summed E-state index contributed by atoms with van der Waals surface area (Å²) in [4.78, 5) is 5.00. The van der Waals surface area contributed by atoms with E-state index in [1.54, 1.807) is 4.52 Å². The number of nitrogens with zero attached hydrogens (tertiary/aromatic N) is 4. The SMILES string of the molecule is Cc1c(C2CCN(S(C)(=O)=O)C2)nc2c(C3=Cc4ccccc4CCC=C3)cnn2c1N. The maximum Gasteiger partial charge on any atom is 0.211 e. The van der Waals surface area contributed by atoms with Crippen LogP contribution in [-0.4, -0.2) is 46.7 Å². The fraction of sp³-hybridized carbons (Fsp3) is 0.333. The number of nitrogens with two attached hydrogens (primary N) is 1. The van der Waals surface area contributed by atoms with Crippen LogP contribution in [0.2, 0.25) is 0 Å². The lowest BCUT2D eigenvalue weighted by atomic mass is 9.95. The smallest absolute Gasteiger partial charge is 0.211 e. The Morgan fingerprint density at radius 3 is 2.81 bits per heavy atom. The predicted octanol–water partition coefficient (Wildman–Crippen LogP) is 3.41. The summed E-state index contributed by atoms with van der Waals surface area (Å²) in [7, 11) is -3.22. The molecular weight excluding hydrogens is 422 g/mol. The molecule has 1 unspecified atom stereocenters. The van der Waals surface area contributed by atoms with Crippen LogP contribution in [0.15, 0.2) is 42.6 Å². The van der Waals surface area contributed by atoms with E-state index in [0.717, 1.165) is 41.7 Å². The first-order chi connectivity index (χ1) is 15.3. The molecule has 1 saturated heterocycles. The van der Waals surface area contributed by atoms with Gasteiger partial charge in [0.25, 0.3) is 0 Å². The number of aromatic nitrogens is 3. The molecule has 8 heteroatoms. The molecule has 0 saturated carbocycles. The molecule has 1 aliphatic carbocycles. The number of allylic oxidation sites excluding steroid dienone is 3. The van der Waals surface area contributed by atoms with Crippen LogP contribution < -0.4 is 5.73 Å². The maximum absolute atomic E-state index is 12.0. The van der Waals surface area contributed by atoms with Gasteiger partial charge in [-0.2, -0.15) is 9.61 Å². The minimum Gasteiger partial charge on any atom is -0.383 e. The lowest BCUT2D eigenvalue weighted by molar-refractivity contribution is 0.477. The number of fused-ring (bicyclic) bond motifs is 2. The van der Waals surface area contributed by atoms with Gasteiger partial charge in [-0.3, -0.25) is 0 Å². The van der Waals surface area contributed by atoms with Crippen LogP contribution in [0.5, 0.6) is 0 Å². The summed E-state index contributed by atoms with van der Waals surface area (Å²) in [6.07, 6.45) is 12.3. The van der Waals surface area contributed by atoms with E-state index >= 15 is 0 Å². The summed E-state index contributed by atoms with van der Waals surface area (Å²) in [6, 6.07) is 8.44. The highest BCUT2D eigenvalue weighted by Gasteiger charge is 2.32. The Morgan fingerprint density at radius 2 is 2.03 bits per heavy atom. The standard InChI is InChI=1S/C24H27N5O2S/c1-16-22(20-11-12-28(15-20)32(2,30)31)27-24-21(14-26-29(24)23(16)25)19-10-6-4-8-17-7-3-5-9-18(17)13-19/h3,5-7,9-10,13-14,20H,4,8,11-12,15,25H2,1-2H3. The van der Waals surface area contributed by atoms with Crippen molar-refractivity contribution in [1.82, 2.24) is 18.9 Å². The van der Waals surface area contributed by atoms with Crippen molar-refractivity contribution in [2.75, 3.05) is 25.1 Å². The number of anilines is 1. The van der Waals surface area contributed by atoms with Gasteiger partial charge in [-0.05, 0) is 49.0 Å². The molecule has 1 aromatic carbocycles. The summed E-state index contributed by atoms with van der Waals surface area (Å²) >= 11 is 0. The van der Waals surface area contributed by atoms with Crippen LogP contribution in [0.25, 0.3) is 17.3 Å². The van der Waals surface area contributed by atoms with Gasteiger partial charge in [0.05, 0.1) is 18.1 Å². The number of hydrogen-bond acceptors (Lipinski definition) is 5. The van der Waals surface area contributed by atoms with Crippen molar-refractivity contribution in [1.29, 1.82) is 0 Å². The van der Waals surface area contributed by atoms with Crippen LogP contribution in [-0.2, 0) is 16.4 Å². The summed E-state index contributed by atoms with van der Waals surface area (Å²) in [5, 5.41) is 4.53. The van der Waals surface area contributed by atoms with Gasteiger partial charge in [0.15, 0.2) is 5.65 Å². The molecule has 1 fully saturated rings. The Bertz CT molecular complexity index is 1370.